The van der Waals surface area contributed by atoms with E-state index in [9.17, 15) is 5.11 Å². The Balaban J connectivity index is 2.76. The quantitative estimate of drug-likeness (QED) is 0.719. The average Bonchev–Trinajstić information content (AvgIpc) is 2.03. The highest BCUT2D eigenvalue weighted by Gasteiger charge is 2.08. The first kappa shape index (κ1) is 9.93. The lowest BCUT2D eigenvalue weighted by molar-refractivity contribution is 0.173. The number of pyridine rings is 1. The van der Waals surface area contributed by atoms with Crippen LogP contribution in [0.25, 0.3) is 0 Å². The van der Waals surface area contributed by atoms with Gasteiger partial charge in [0.05, 0.1) is 11.8 Å². The van der Waals surface area contributed by atoms with Gasteiger partial charge in [0.1, 0.15) is 0 Å². The largest absolute Gasteiger partial charge is 0.386 e. The van der Waals surface area contributed by atoms with Gasteiger partial charge in [-0.3, -0.25) is 4.98 Å². The van der Waals surface area contributed by atoms with Gasteiger partial charge < -0.3 is 5.11 Å². The van der Waals surface area contributed by atoms with E-state index in [1.165, 1.54) is 0 Å². The molecule has 0 saturated heterocycles. The summed E-state index contributed by atoms with van der Waals surface area (Å²) in [5.41, 5.74) is 2.62. The van der Waals surface area contributed by atoms with Crippen LogP contribution in [0.4, 0.5) is 0 Å². The molecule has 0 aliphatic carbocycles. The van der Waals surface area contributed by atoms with Crippen molar-refractivity contribution in [1.82, 2.24) is 4.98 Å². The van der Waals surface area contributed by atoms with E-state index in [1.54, 1.807) is 0 Å². The third-order valence-corrected chi connectivity index (χ3v) is 1.79. The second-order valence-corrected chi connectivity index (χ2v) is 3.38. The third-order valence-electron chi connectivity index (χ3n) is 1.79. The van der Waals surface area contributed by atoms with E-state index in [4.69, 9.17) is 0 Å². The van der Waals surface area contributed by atoms with Gasteiger partial charge >= 0.3 is 0 Å². The molecular weight excluding hydrogens is 162 g/mol. The number of hydrogen-bond acceptors (Lipinski definition) is 2. The molecule has 1 heterocycles. The van der Waals surface area contributed by atoms with Crippen molar-refractivity contribution in [2.45, 2.75) is 26.4 Å². The Labute approximate surface area is 78.9 Å². The Morgan fingerprint density at radius 2 is 2.31 bits per heavy atom. The predicted molar refractivity (Wildman–Crippen MR) is 53.4 cm³/mol. The first-order valence-electron chi connectivity index (χ1n) is 4.35. The van der Waals surface area contributed by atoms with E-state index in [0.29, 0.717) is 6.42 Å². The molecule has 0 fully saturated rings. The molecule has 0 amide bonds. The number of aromatic nitrogens is 1. The molecule has 0 radical (unpaired) electrons. The van der Waals surface area contributed by atoms with Gasteiger partial charge in [-0.15, -0.1) is 6.58 Å². The highest BCUT2D eigenvalue weighted by atomic mass is 16.3. The van der Waals surface area contributed by atoms with Gasteiger partial charge in [-0.1, -0.05) is 11.6 Å². The molecule has 70 valence electrons. The Hall–Kier alpha value is -1.15. The molecule has 0 aliphatic rings. The maximum Gasteiger partial charge on any atom is 0.0996 e. The smallest absolute Gasteiger partial charge is 0.0996 e. The van der Waals surface area contributed by atoms with Crippen LogP contribution in [0.1, 0.15) is 30.8 Å². The first-order valence-corrected chi connectivity index (χ1v) is 4.35. The lowest BCUT2D eigenvalue weighted by Crippen LogP contribution is -2.01. The van der Waals surface area contributed by atoms with Crippen LogP contribution in [0.2, 0.25) is 0 Å². The van der Waals surface area contributed by atoms with Crippen molar-refractivity contribution in [3.05, 3.63) is 41.7 Å². The Morgan fingerprint density at radius 1 is 1.62 bits per heavy atom. The SMILES string of the molecule is C=C(C)C[C@@H](O)c1cccc(C)n1. The lowest BCUT2D eigenvalue weighted by atomic mass is 10.1. The summed E-state index contributed by atoms with van der Waals surface area (Å²) in [6.07, 6.45) is 0.0635. The summed E-state index contributed by atoms with van der Waals surface area (Å²) >= 11 is 0. The van der Waals surface area contributed by atoms with Crippen molar-refractivity contribution >= 4 is 0 Å². The lowest BCUT2D eigenvalue weighted by Gasteiger charge is -2.09. The van der Waals surface area contributed by atoms with Crippen molar-refractivity contribution < 1.29 is 5.11 Å². The van der Waals surface area contributed by atoms with Gasteiger partial charge in [0, 0.05) is 5.69 Å². The monoisotopic (exact) mass is 177 g/mol. The van der Waals surface area contributed by atoms with Gasteiger partial charge in [0.25, 0.3) is 0 Å². The summed E-state index contributed by atoms with van der Waals surface area (Å²) in [7, 11) is 0. The number of aliphatic hydroxyl groups is 1. The fourth-order valence-corrected chi connectivity index (χ4v) is 1.18. The summed E-state index contributed by atoms with van der Waals surface area (Å²) in [6, 6.07) is 5.65. The zero-order valence-electron chi connectivity index (χ0n) is 8.12. The van der Waals surface area contributed by atoms with Crippen molar-refractivity contribution in [2.75, 3.05) is 0 Å². The third kappa shape index (κ3) is 2.99. The maximum atomic E-state index is 9.69. The van der Waals surface area contributed by atoms with Crippen LogP contribution in [0.3, 0.4) is 0 Å². The highest BCUT2D eigenvalue weighted by Crippen LogP contribution is 2.17. The summed E-state index contributed by atoms with van der Waals surface area (Å²) in [5.74, 6) is 0. The standard InChI is InChI=1S/C11H15NO/c1-8(2)7-11(13)10-6-4-5-9(3)12-10/h4-6,11,13H,1,7H2,2-3H3/t11-/m1/s1. The highest BCUT2D eigenvalue weighted by molar-refractivity contribution is 5.13. The fourth-order valence-electron chi connectivity index (χ4n) is 1.18. The average molecular weight is 177 g/mol. The summed E-state index contributed by atoms with van der Waals surface area (Å²) in [4.78, 5) is 4.24. The topological polar surface area (TPSA) is 33.1 Å². The van der Waals surface area contributed by atoms with Crippen molar-refractivity contribution in [1.29, 1.82) is 0 Å². The van der Waals surface area contributed by atoms with Crippen molar-refractivity contribution in [3.8, 4) is 0 Å². The molecule has 0 spiro atoms. The Morgan fingerprint density at radius 3 is 2.85 bits per heavy atom. The molecule has 13 heavy (non-hydrogen) atoms. The molecule has 0 unspecified atom stereocenters. The molecule has 0 aromatic carbocycles. The molecular formula is C11H15NO. The Kier molecular flexibility index (Phi) is 3.20. The van der Waals surface area contributed by atoms with E-state index in [-0.39, 0.29) is 0 Å². The van der Waals surface area contributed by atoms with E-state index in [0.717, 1.165) is 17.0 Å². The van der Waals surface area contributed by atoms with E-state index in [1.807, 2.05) is 32.0 Å². The van der Waals surface area contributed by atoms with Crippen LogP contribution in [-0.4, -0.2) is 10.1 Å². The number of hydrogen-bond donors (Lipinski definition) is 1. The number of aryl methyl sites for hydroxylation is 1. The Bertz CT molecular complexity index is 307. The van der Waals surface area contributed by atoms with Gasteiger partial charge in [-0.2, -0.15) is 0 Å². The molecule has 2 heteroatoms. The summed E-state index contributed by atoms with van der Waals surface area (Å²) < 4.78 is 0. The molecule has 2 nitrogen and oxygen atoms in total. The van der Waals surface area contributed by atoms with Crippen molar-refractivity contribution in [2.24, 2.45) is 0 Å². The van der Waals surface area contributed by atoms with Crippen LogP contribution in [0.5, 0.6) is 0 Å². The minimum Gasteiger partial charge on any atom is -0.386 e. The molecule has 1 rings (SSSR count). The number of aliphatic hydroxyl groups excluding tert-OH is 1. The minimum absolute atomic E-state index is 0.516. The molecule has 1 atom stereocenters. The van der Waals surface area contributed by atoms with Crippen LogP contribution in [0.15, 0.2) is 30.4 Å². The van der Waals surface area contributed by atoms with Crippen LogP contribution >= 0.6 is 0 Å². The second kappa shape index (κ2) is 4.19. The van der Waals surface area contributed by atoms with Gasteiger partial charge in [-0.05, 0) is 32.4 Å². The molecule has 0 bridgehead atoms. The molecule has 1 aromatic heterocycles. The predicted octanol–water partition coefficient (Wildman–Crippen LogP) is 2.39. The van der Waals surface area contributed by atoms with E-state index >= 15 is 0 Å². The molecule has 1 aromatic rings. The van der Waals surface area contributed by atoms with Gasteiger partial charge in [-0.25, -0.2) is 0 Å². The second-order valence-electron chi connectivity index (χ2n) is 3.38. The zero-order chi connectivity index (χ0) is 9.84. The fraction of sp³-hybridized carbons (Fsp3) is 0.364. The number of nitrogens with zero attached hydrogens (tertiary/aromatic N) is 1. The normalized spacial score (nSPS) is 12.5. The van der Waals surface area contributed by atoms with Crippen LogP contribution in [0, 0.1) is 6.92 Å². The van der Waals surface area contributed by atoms with Crippen LogP contribution < -0.4 is 0 Å². The van der Waals surface area contributed by atoms with Gasteiger partial charge in [0.15, 0.2) is 0 Å². The van der Waals surface area contributed by atoms with Gasteiger partial charge in [0.2, 0.25) is 0 Å². The minimum atomic E-state index is -0.516. The maximum absolute atomic E-state index is 9.69. The first-order chi connectivity index (χ1) is 6.09. The van der Waals surface area contributed by atoms with E-state index in [2.05, 4.69) is 11.6 Å². The molecule has 1 N–H and O–H groups in total. The molecule has 0 saturated carbocycles. The summed E-state index contributed by atoms with van der Waals surface area (Å²) in [6.45, 7) is 7.57. The van der Waals surface area contributed by atoms with E-state index < -0.39 is 6.10 Å². The molecule has 0 aliphatic heterocycles. The van der Waals surface area contributed by atoms with Crippen LogP contribution in [-0.2, 0) is 0 Å². The summed E-state index contributed by atoms with van der Waals surface area (Å²) in [5, 5.41) is 9.69. The van der Waals surface area contributed by atoms with Crippen molar-refractivity contribution in [3.63, 3.8) is 0 Å². The zero-order valence-corrected chi connectivity index (χ0v) is 8.12. The number of rotatable bonds is 3.